The van der Waals surface area contributed by atoms with Gasteiger partial charge in [0.1, 0.15) is 0 Å². The molecule has 0 saturated carbocycles. The number of oxazole rings is 1. The van der Waals surface area contributed by atoms with E-state index in [4.69, 9.17) is 16.0 Å². The lowest BCUT2D eigenvalue weighted by atomic mass is 10.1. The normalized spacial score (nSPS) is 10.8. The molecule has 1 N–H and O–H groups in total. The fraction of sp³-hybridized carbons (Fsp3) is 0.125. The number of rotatable bonds is 3. The lowest BCUT2D eigenvalue weighted by Crippen LogP contribution is -2.14. The van der Waals surface area contributed by atoms with Gasteiger partial charge in [-0.25, -0.2) is 4.79 Å². The van der Waals surface area contributed by atoms with Crippen LogP contribution in [0.15, 0.2) is 51.7 Å². The molecule has 0 spiro atoms. The van der Waals surface area contributed by atoms with Crippen molar-refractivity contribution in [1.29, 1.82) is 0 Å². The molecule has 0 fully saturated rings. The standard InChI is InChI=1S/C16H13ClN2O3/c1-19-13-8-4-7-12(15(13)22-16(19)21)18-14(20)9-10-5-2-3-6-11(10)17/h2-8H,9H2,1H3,(H,18,20). The van der Waals surface area contributed by atoms with Gasteiger partial charge in [0.25, 0.3) is 0 Å². The van der Waals surface area contributed by atoms with Crippen LogP contribution in [0.5, 0.6) is 0 Å². The molecule has 22 heavy (non-hydrogen) atoms. The summed E-state index contributed by atoms with van der Waals surface area (Å²) >= 11 is 6.05. The topological polar surface area (TPSA) is 64.2 Å². The van der Waals surface area contributed by atoms with Gasteiger partial charge in [0.2, 0.25) is 5.91 Å². The number of nitrogens with one attached hydrogen (secondary N) is 1. The van der Waals surface area contributed by atoms with Crippen LogP contribution >= 0.6 is 11.6 Å². The van der Waals surface area contributed by atoms with Crippen LogP contribution in [0.25, 0.3) is 11.1 Å². The molecule has 0 unspecified atom stereocenters. The summed E-state index contributed by atoms with van der Waals surface area (Å²) in [5, 5.41) is 3.30. The Kier molecular flexibility index (Phi) is 3.73. The van der Waals surface area contributed by atoms with Gasteiger partial charge in [-0.2, -0.15) is 0 Å². The summed E-state index contributed by atoms with van der Waals surface area (Å²) in [5.41, 5.74) is 2.19. The molecule has 3 aromatic rings. The van der Waals surface area contributed by atoms with Crippen molar-refractivity contribution in [1.82, 2.24) is 4.57 Å². The van der Waals surface area contributed by atoms with Crippen LogP contribution in [0.2, 0.25) is 5.02 Å². The van der Waals surface area contributed by atoms with E-state index in [0.717, 1.165) is 5.56 Å². The van der Waals surface area contributed by atoms with Crippen LogP contribution in [0.3, 0.4) is 0 Å². The maximum absolute atomic E-state index is 12.2. The van der Waals surface area contributed by atoms with E-state index >= 15 is 0 Å². The van der Waals surface area contributed by atoms with Crippen molar-refractivity contribution in [3.05, 3.63) is 63.6 Å². The molecule has 0 atom stereocenters. The molecule has 3 rings (SSSR count). The number of anilines is 1. The Hall–Kier alpha value is -2.53. The highest BCUT2D eigenvalue weighted by atomic mass is 35.5. The third-order valence-electron chi connectivity index (χ3n) is 3.40. The highest BCUT2D eigenvalue weighted by Gasteiger charge is 2.13. The smallest absolute Gasteiger partial charge is 0.405 e. The Labute approximate surface area is 131 Å². The van der Waals surface area contributed by atoms with Crippen molar-refractivity contribution in [3.63, 3.8) is 0 Å². The lowest BCUT2D eigenvalue weighted by Gasteiger charge is -2.07. The highest BCUT2D eigenvalue weighted by Crippen LogP contribution is 2.22. The molecule has 6 heteroatoms. The summed E-state index contributed by atoms with van der Waals surface area (Å²) in [6, 6.07) is 12.4. The molecule has 0 bridgehead atoms. The van der Waals surface area contributed by atoms with Gasteiger partial charge in [0.15, 0.2) is 5.58 Å². The van der Waals surface area contributed by atoms with E-state index in [-0.39, 0.29) is 12.3 Å². The van der Waals surface area contributed by atoms with E-state index in [1.54, 1.807) is 37.4 Å². The Morgan fingerprint density at radius 3 is 2.77 bits per heavy atom. The molecule has 5 nitrogen and oxygen atoms in total. The molecule has 0 saturated heterocycles. The van der Waals surface area contributed by atoms with Crippen molar-refractivity contribution in [2.45, 2.75) is 6.42 Å². The Morgan fingerprint density at radius 1 is 1.23 bits per heavy atom. The Bertz CT molecular complexity index is 911. The minimum atomic E-state index is -0.470. The Morgan fingerprint density at radius 2 is 2.00 bits per heavy atom. The molecule has 1 heterocycles. The fourth-order valence-electron chi connectivity index (χ4n) is 2.26. The molecule has 0 aliphatic heterocycles. The van der Waals surface area contributed by atoms with Gasteiger partial charge in [-0.3, -0.25) is 9.36 Å². The summed E-state index contributed by atoms with van der Waals surface area (Å²) in [4.78, 5) is 23.8. The van der Waals surface area contributed by atoms with Crippen LogP contribution in [-0.4, -0.2) is 10.5 Å². The molecule has 1 amide bonds. The molecule has 1 aromatic heterocycles. The first-order valence-corrected chi connectivity index (χ1v) is 7.06. The minimum absolute atomic E-state index is 0.146. The van der Waals surface area contributed by atoms with E-state index in [1.807, 2.05) is 12.1 Å². The van der Waals surface area contributed by atoms with Crippen LogP contribution < -0.4 is 11.1 Å². The number of aryl methyl sites for hydroxylation is 1. The molecule has 0 radical (unpaired) electrons. The number of fused-ring (bicyclic) bond motifs is 1. The monoisotopic (exact) mass is 316 g/mol. The van der Waals surface area contributed by atoms with Gasteiger partial charge in [-0.1, -0.05) is 35.9 Å². The summed E-state index contributed by atoms with van der Waals surface area (Å²) in [6.07, 6.45) is 0.146. The summed E-state index contributed by atoms with van der Waals surface area (Å²) < 4.78 is 6.56. The SMILES string of the molecule is Cn1c(=O)oc2c(NC(=O)Cc3ccccc3Cl)cccc21. The number of hydrogen-bond donors (Lipinski definition) is 1. The average Bonchev–Trinajstić information content (AvgIpc) is 2.78. The summed E-state index contributed by atoms with van der Waals surface area (Å²) in [7, 11) is 1.61. The second-order valence-electron chi connectivity index (χ2n) is 4.90. The van der Waals surface area contributed by atoms with Crippen molar-refractivity contribution in [3.8, 4) is 0 Å². The van der Waals surface area contributed by atoms with Crippen molar-refractivity contribution < 1.29 is 9.21 Å². The van der Waals surface area contributed by atoms with Gasteiger partial charge in [0, 0.05) is 12.1 Å². The number of hydrogen-bond acceptors (Lipinski definition) is 3. The number of amides is 1. The van der Waals surface area contributed by atoms with E-state index in [0.29, 0.717) is 21.8 Å². The van der Waals surface area contributed by atoms with Gasteiger partial charge in [0.05, 0.1) is 17.6 Å². The van der Waals surface area contributed by atoms with Crippen molar-refractivity contribution in [2.75, 3.05) is 5.32 Å². The quantitative estimate of drug-likeness (QED) is 0.808. The highest BCUT2D eigenvalue weighted by molar-refractivity contribution is 6.31. The zero-order chi connectivity index (χ0) is 15.7. The van der Waals surface area contributed by atoms with E-state index in [9.17, 15) is 9.59 Å². The van der Waals surface area contributed by atoms with Gasteiger partial charge >= 0.3 is 5.76 Å². The van der Waals surface area contributed by atoms with Crippen LogP contribution in [0.4, 0.5) is 5.69 Å². The second-order valence-corrected chi connectivity index (χ2v) is 5.30. The number of halogens is 1. The predicted octanol–water partition coefficient (Wildman–Crippen LogP) is 2.97. The number of carbonyl (C=O) groups excluding carboxylic acids is 1. The fourth-order valence-corrected chi connectivity index (χ4v) is 2.46. The van der Waals surface area contributed by atoms with E-state index in [2.05, 4.69) is 5.32 Å². The summed E-state index contributed by atoms with van der Waals surface area (Å²) in [6.45, 7) is 0. The maximum Gasteiger partial charge on any atom is 0.419 e. The maximum atomic E-state index is 12.2. The third-order valence-corrected chi connectivity index (χ3v) is 3.77. The zero-order valence-electron chi connectivity index (χ0n) is 11.8. The molecular weight excluding hydrogens is 304 g/mol. The first-order valence-electron chi connectivity index (χ1n) is 6.68. The van der Waals surface area contributed by atoms with Crippen LogP contribution in [-0.2, 0) is 18.3 Å². The second kappa shape index (κ2) is 5.69. The molecule has 0 aliphatic rings. The van der Waals surface area contributed by atoms with Gasteiger partial charge in [-0.15, -0.1) is 0 Å². The molecule has 2 aromatic carbocycles. The minimum Gasteiger partial charge on any atom is -0.405 e. The largest absolute Gasteiger partial charge is 0.419 e. The molecule has 112 valence electrons. The number of nitrogens with zero attached hydrogens (tertiary/aromatic N) is 1. The van der Waals surface area contributed by atoms with E-state index in [1.165, 1.54) is 4.57 Å². The lowest BCUT2D eigenvalue weighted by molar-refractivity contribution is -0.115. The van der Waals surface area contributed by atoms with Crippen LogP contribution in [0, 0.1) is 0 Å². The van der Waals surface area contributed by atoms with E-state index < -0.39 is 5.76 Å². The van der Waals surface area contributed by atoms with Gasteiger partial charge in [-0.05, 0) is 23.8 Å². The van der Waals surface area contributed by atoms with Gasteiger partial charge < -0.3 is 9.73 Å². The number of aromatic nitrogens is 1. The number of para-hydroxylation sites is 1. The van der Waals surface area contributed by atoms with Crippen molar-refractivity contribution in [2.24, 2.45) is 7.05 Å². The van der Waals surface area contributed by atoms with Crippen molar-refractivity contribution >= 4 is 34.3 Å². The summed E-state index contributed by atoms with van der Waals surface area (Å²) in [5.74, 6) is -0.699. The average molecular weight is 317 g/mol. The first-order chi connectivity index (χ1) is 10.6. The predicted molar refractivity (Wildman–Crippen MR) is 85.2 cm³/mol. The number of benzene rings is 2. The first kappa shape index (κ1) is 14.4. The molecular formula is C16H13ClN2O3. The Balaban J connectivity index is 1.87. The zero-order valence-corrected chi connectivity index (χ0v) is 12.6. The number of carbonyl (C=O) groups is 1. The third kappa shape index (κ3) is 2.63. The van der Waals surface area contributed by atoms with Crippen LogP contribution in [0.1, 0.15) is 5.56 Å². The molecule has 0 aliphatic carbocycles.